The van der Waals surface area contributed by atoms with Crippen LogP contribution in [0.1, 0.15) is 37.6 Å². The van der Waals surface area contributed by atoms with Crippen LogP contribution in [0.4, 0.5) is 5.82 Å². The van der Waals surface area contributed by atoms with Gasteiger partial charge in [0.05, 0.1) is 15.8 Å². The summed E-state index contributed by atoms with van der Waals surface area (Å²) in [5.74, 6) is 0.757. The van der Waals surface area contributed by atoms with Gasteiger partial charge in [0, 0.05) is 5.41 Å². The highest BCUT2D eigenvalue weighted by Gasteiger charge is 2.24. The lowest BCUT2D eigenvalue weighted by Gasteiger charge is -2.15. The van der Waals surface area contributed by atoms with Crippen molar-refractivity contribution in [1.82, 2.24) is 9.78 Å². The quantitative estimate of drug-likeness (QED) is 0.820. The number of halogens is 1. The van der Waals surface area contributed by atoms with Gasteiger partial charge in [-0.2, -0.15) is 5.10 Å². The Bertz CT molecular complexity index is 594. The molecule has 0 aliphatic carbocycles. The van der Waals surface area contributed by atoms with Crippen molar-refractivity contribution in [3.05, 3.63) is 44.7 Å². The normalized spacial score (nSPS) is 11.8. The molecule has 1 aromatic carbocycles. The van der Waals surface area contributed by atoms with Crippen molar-refractivity contribution in [3.8, 4) is 0 Å². The molecule has 102 valence electrons. The Labute approximate surface area is 128 Å². The molecule has 0 radical (unpaired) electrons. The summed E-state index contributed by atoms with van der Waals surface area (Å²) in [7, 11) is 0. The summed E-state index contributed by atoms with van der Waals surface area (Å²) in [4.78, 5) is 0. The molecule has 0 aliphatic rings. The van der Waals surface area contributed by atoms with Crippen LogP contribution in [0.25, 0.3) is 0 Å². The third kappa shape index (κ3) is 3.11. The molecule has 2 rings (SSSR count). The molecule has 0 spiro atoms. The van der Waals surface area contributed by atoms with Gasteiger partial charge in [0.15, 0.2) is 0 Å². The van der Waals surface area contributed by atoms with Crippen LogP contribution >= 0.6 is 22.6 Å². The molecule has 1 heterocycles. The molecule has 3 nitrogen and oxygen atoms in total. The van der Waals surface area contributed by atoms with E-state index in [9.17, 15) is 0 Å². The van der Waals surface area contributed by atoms with E-state index in [-0.39, 0.29) is 5.41 Å². The molecular weight excluding hydrogens is 349 g/mol. The summed E-state index contributed by atoms with van der Waals surface area (Å²) in [6.07, 6.45) is 0. The van der Waals surface area contributed by atoms with Crippen LogP contribution in [0, 0.1) is 10.5 Å². The fraction of sp³-hybridized carbons (Fsp3) is 0.400. The first-order chi connectivity index (χ1) is 8.79. The first-order valence-corrected chi connectivity index (χ1v) is 7.44. The van der Waals surface area contributed by atoms with Gasteiger partial charge in [-0.3, -0.25) is 0 Å². The zero-order valence-corrected chi connectivity index (χ0v) is 14.0. The van der Waals surface area contributed by atoms with Gasteiger partial charge in [-0.1, -0.05) is 50.6 Å². The Kier molecular flexibility index (Phi) is 3.90. The van der Waals surface area contributed by atoms with Crippen LogP contribution in [-0.2, 0) is 12.0 Å². The SMILES string of the molecule is Cc1cccc(Cn2nc(C(C)(C)C)c(I)c2N)c1. The predicted molar refractivity (Wildman–Crippen MR) is 88.3 cm³/mol. The summed E-state index contributed by atoms with van der Waals surface area (Å²) >= 11 is 2.29. The summed E-state index contributed by atoms with van der Waals surface area (Å²) in [6.45, 7) is 9.30. The summed E-state index contributed by atoms with van der Waals surface area (Å²) in [5.41, 5.74) is 9.75. The van der Waals surface area contributed by atoms with Gasteiger partial charge in [0.1, 0.15) is 5.82 Å². The number of aryl methyl sites for hydroxylation is 1. The van der Waals surface area contributed by atoms with Crippen molar-refractivity contribution in [2.75, 3.05) is 5.73 Å². The van der Waals surface area contributed by atoms with E-state index in [4.69, 9.17) is 5.73 Å². The van der Waals surface area contributed by atoms with E-state index < -0.39 is 0 Å². The fourth-order valence-electron chi connectivity index (χ4n) is 2.04. The van der Waals surface area contributed by atoms with E-state index >= 15 is 0 Å². The lowest BCUT2D eigenvalue weighted by molar-refractivity contribution is 0.544. The first-order valence-electron chi connectivity index (χ1n) is 6.37. The number of hydrogen-bond acceptors (Lipinski definition) is 2. The number of benzene rings is 1. The molecule has 19 heavy (non-hydrogen) atoms. The summed E-state index contributed by atoms with van der Waals surface area (Å²) < 4.78 is 2.97. The second-order valence-electron chi connectivity index (χ2n) is 5.94. The zero-order chi connectivity index (χ0) is 14.2. The molecule has 0 aliphatic heterocycles. The third-order valence-corrected chi connectivity index (χ3v) is 4.12. The number of nitrogen functional groups attached to an aromatic ring is 1. The molecule has 0 saturated carbocycles. The Morgan fingerprint density at radius 3 is 2.53 bits per heavy atom. The maximum Gasteiger partial charge on any atom is 0.135 e. The number of anilines is 1. The highest BCUT2D eigenvalue weighted by atomic mass is 127. The van der Waals surface area contributed by atoms with Gasteiger partial charge >= 0.3 is 0 Å². The number of hydrogen-bond donors (Lipinski definition) is 1. The monoisotopic (exact) mass is 369 g/mol. The molecule has 1 aromatic heterocycles. The largest absolute Gasteiger partial charge is 0.383 e. The van der Waals surface area contributed by atoms with Gasteiger partial charge in [-0.05, 0) is 35.1 Å². The molecule has 0 amide bonds. The Balaban J connectivity index is 2.37. The number of rotatable bonds is 2. The third-order valence-electron chi connectivity index (χ3n) is 3.06. The van der Waals surface area contributed by atoms with E-state index in [2.05, 4.69) is 79.6 Å². The predicted octanol–water partition coefficient (Wildman–Crippen LogP) is 3.72. The van der Waals surface area contributed by atoms with Crippen molar-refractivity contribution in [2.24, 2.45) is 0 Å². The van der Waals surface area contributed by atoms with Gasteiger partial charge in [0.2, 0.25) is 0 Å². The molecule has 0 bridgehead atoms. The van der Waals surface area contributed by atoms with Crippen molar-refractivity contribution in [3.63, 3.8) is 0 Å². The Morgan fingerprint density at radius 1 is 1.32 bits per heavy atom. The maximum atomic E-state index is 6.18. The van der Waals surface area contributed by atoms with E-state index in [0.29, 0.717) is 0 Å². The Morgan fingerprint density at radius 2 is 2.00 bits per heavy atom. The number of nitrogens with two attached hydrogens (primary N) is 1. The molecule has 2 aromatic rings. The lowest BCUT2D eigenvalue weighted by atomic mass is 9.92. The van der Waals surface area contributed by atoms with Gasteiger partial charge in [0.25, 0.3) is 0 Å². The van der Waals surface area contributed by atoms with Gasteiger partial charge in [-0.15, -0.1) is 0 Å². The average molecular weight is 369 g/mol. The summed E-state index contributed by atoms with van der Waals surface area (Å²) in [6, 6.07) is 8.45. The summed E-state index contributed by atoms with van der Waals surface area (Å²) in [5, 5.41) is 4.69. The van der Waals surface area contributed by atoms with Crippen LogP contribution in [0.15, 0.2) is 24.3 Å². The minimum absolute atomic E-state index is 0.0164. The fourth-order valence-corrected chi connectivity index (χ4v) is 3.23. The average Bonchev–Trinajstić information content (AvgIpc) is 2.57. The van der Waals surface area contributed by atoms with E-state index in [1.807, 2.05) is 4.68 Å². The van der Waals surface area contributed by atoms with Crippen LogP contribution < -0.4 is 5.73 Å². The minimum atomic E-state index is 0.0164. The maximum absolute atomic E-state index is 6.18. The van der Waals surface area contributed by atoms with E-state index in [1.165, 1.54) is 11.1 Å². The Hall–Kier alpha value is -1.04. The van der Waals surface area contributed by atoms with E-state index in [0.717, 1.165) is 21.6 Å². The second-order valence-corrected chi connectivity index (χ2v) is 7.02. The van der Waals surface area contributed by atoms with Crippen molar-refractivity contribution in [1.29, 1.82) is 0 Å². The molecule has 0 unspecified atom stereocenters. The zero-order valence-electron chi connectivity index (χ0n) is 11.9. The molecule has 2 N–H and O–H groups in total. The van der Waals surface area contributed by atoms with Crippen molar-refractivity contribution in [2.45, 2.75) is 39.7 Å². The molecule has 0 atom stereocenters. The van der Waals surface area contributed by atoms with E-state index in [1.54, 1.807) is 0 Å². The topological polar surface area (TPSA) is 43.8 Å². The number of nitrogens with zero attached hydrogens (tertiary/aromatic N) is 2. The van der Waals surface area contributed by atoms with Crippen molar-refractivity contribution < 1.29 is 0 Å². The second kappa shape index (κ2) is 5.15. The van der Waals surface area contributed by atoms with Crippen LogP contribution in [0.2, 0.25) is 0 Å². The highest BCUT2D eigenvalue weighted by Crippen LogP contribution is 2.30. The standard InChI is InChI=1S/C15H20IN3/c1-10-6-5-7-11(8-10)9-19-14(17)12(16)13(18-19)15(2,3)4/h5-8H,9,17H2,1-4H3. The first kappa shape index (κ1) is 14.4. The molecular formula is C15H20IN3. The van der Waals surface area contributed by atoms with Gasteiger partial charge in [-0.25, -0.2) is 4.68 Å². The van der Waals surface area contributed by atoms with Crippen LogP contribution in [0.5, 0.6) is 0 Å². The molecule has 0 fully saturated rings. The van der Waals surface area contributed by atoms with Crippen LogP contribution in [0.3, 0.4) is 0 Å². The van der Waals surface area contributed by atoms with Crippen molar-refractivity contribution >= 4 is 28.4 Å². The lowest BCUT2D eigenvalue weighted by Crippen LogP contribution is -2.14. The molecule has 4 heteroatoms. The highest BCUT2D eigenvalue weighted by molar-refractivity contribution is 14.1. The van der Waals surface area contributed by atoms with Gasteiger partial charge < -0.3 is 5.73 Å². The van der Waals surface area contributed by atoms with Crippen LogP contribution in [-0.4, -0.2) is 9.78 Å². The number of aromatic nitrogens is 2. The molecule has 0 saturated heterocycles. The smallest absolute Gasteiger partial charge is 0.135 e. The minimum Gasteiger partial charge on any atom is -0.383 e.